The van der Waals surface area contributed by atoms with Crippen LogP contribution in [-0.4, -0.2) is 0 Å². The molecule has 0 saturated heterocycles. The van der Waals surface area contributed by atoms with Gasteiger partial charge in [0, 0.05) is 0 Å². The van der Waals surface area contributed by atoms with Crippen molar-refractivity contribution in [1.29, 1.82) is 0 Å². The van der Waals surface area contributed by atoms with Gasteiger partial charge in [0.1, 0.15) is 0 Å². The van der Waals surface area contributed by atoms with Crippen molar-refractivity contribution in [2.75, 3.05) is 0 Å². The summed E-state index contributed by atoms with van der Waals surface area (Å²) in [5.41, 5.74) is 0.675. The van der Waals surface area contributed by atoms with E-state index < -0.39 is 0 Å². The van der Waals surface area contributed by atoms with E-state index in [1.165, 1.54) is 64.2 Å². The first-order valence-corrected chi connectivity index (χ1v) is 9.94. The van der Waals surface area contributed by atoms with Crippen molar-refractivity contribution in [2.24, 2.45) is 29.1 Å². The topological polar surface area (TPSA) is 0 Å². The molecule has 0 N–H and O–H groups in total. The van der Waals surface area contributed by atoms with Crippen molar-refractivity contribution >= 4 is 0 Å². The van der Waals surface area contributed by atoms with Crippen LogP contribution in [0.1, 0.15) is 106 Å². The Morgan fingerprint density at radius 1 is 1.00 bits per heavy atom. The fraction of sp³-hybridized carbons (Fsp3) is 1.00. The highest BCUT2D eigenvalue weighted by atomic mass is 14.5. The molecule has 0 spiro atoms. The SMILES string of the molecule is CCCCCC(CC)C(C)CCCCC1(C)CC(C)C1C. The van der Waals surface area contributed by atoms with Gasteiger partial charge in [0.25, 0.3) is 0 Å². The lowest BCUT2D eigenvalue weighted by atomic mass is 9.54. The van der Waals surface area contributed by atoms with Crippen LogP contribution in [0.5, 0.6) is 0 Å². The first kappa shape index (κ1) is 19.0. The lowest BCUT2D eigenvalue weighted by molar-refractivity contribution is -0.0135. The molecule has 5 unspecified atom stereocenters. The second-order valence-corrected chi connectivity index (χ2v) is 8.51. The zero-order valence-corrected chi connectivity index (χ0v) is 15.9. The summed E-state index contributed by atoms with van der Waals surface area (Å²) in [5, 5.41) is 0. The van der Waals surface area contributed by atoms with Crippen LogP contribution in [0.25, 0.3) is 0 Å². The third kappa shape index (κ3) is 5.61. The van der Waals surface area contributed by atoms with Gasteiger partial charge in [-0.3, -0.25) is 0 Å². The number of unbranched alkanes of at least 4 members (excludes halogenated alkanes) is 3. The highest BCUT2D eigenvalue weighted by Crippen LogP contribution is 2.53. The summed E-state index contributed by atoms with van der Waals surface area (Å²) in [6.45, 7) is 14.6. The fourth-order valence-corrected chi connectivity index (χ4v) is 4.73. The van der Waals surface area contributed by atoms with Crippen molar-refractivity contribution in [2.45, 2.75) is 106 Å². The van der Waals surface area contributed by atoms with Gasteiger partial charge in [-0.05, 0) is 41.9 Å². The quantitative estimate of drug-likeness (QED) is 0.347. The molecule has 1 saturated carbocycles. The summed E-state index contributed by atoms with van der Waals surface area (Å²) >= 11 is 0. The zero-order valence-electron chi connectivity index (χ0n) is 15.9. The van der Waals surface area contributed by atoms with E-state index in [4.69, 9.17) is 0 Å². The summed E-state index contributed by atoms with van der Waals surface area (Å²) in [7, 11) is 0. The molecule has 1 aliphatic rings. The van der Waals surface area contributed by atoms with Gasteiger partial charge in [0.05, 0.1) is 0 Å². The molecule has 0 aromatic carbocycles. The van der Waals surface area contributed by atoms with E-state index in [1.807, 2.05) is 0 Å². The molecule has 21 heavy (non-hydrogen) atoms. The van der Waals surface area contributed by atoms with Crippen LogP contribution < -0.4 is 0 Å². The second kappa shape index (κ2) is 9.21. The van der Waals surface area contributed by atoms with Crippen LogP contribution in [0.15, 0.2) is 0 Å². The third-order valence-electron chi connectivity index (χ3n) is 6.91. The van der Waals surface area contributed by atoms with Crippen molar-refractivity contribution < 1.29 is 0 Å². The Morgan fingerprint density at radius 2 is 1.67 bits per heavy atom. The minimum absolute atomic E-state index is 0.675. The molecule has 0 aromatic rings. The zero-order chi connectivity index (χ0) is 15.9. The summed E-state index contributed by atoms with van der Waals surface area (Å²) in [5.74, 6) is 3.84. The Morgan fingerprint density at radius 3 is 2.19 bits per heavy atom. The van der Waals surface area contributed by atoms with Crippen molar-refractivity contribution in [3.05, 3.63) is 0 Å². The fourth-order valence-electron chi connectivity index (χ4n) is 4.73. The van der Waals surface area contributed by atoms with Crippen LogP contribution in [0.2, 0.25) is 0 Å². The molecule has 0 heteroatoms. The molecule has 0 heterocycles. The van der Waals surface area contributed by atoms with E-state index in [9.17, 15) is 0 Å². The largest absolute Gasteiger partial charge is 0.0654 e. The standard InChI is InChI=1S/C21H42/c1-7-9-10-14-20(8-2)17(3)13-11-12-15-21(6)16-18(4)19(21)5/h17-20H,7-16H2,1-6H3. The normalized spacial score (nSPS) is 31.7. The Bertz CT molecular complexity index is 269. The Hall–Kier alpha value is 0. The summed E-state index contributed by atoms with van der Waals surface area (Å²) in [6, 6.07) is 0. The molecule has 5 atom stereocenters. The van der Waals surface area contributed by atoms with Gasteiger partial charge in [0.2, 0.25) is 0 Å². The van der Waals surface area contributed by atoms with Crippen molar-refractivity contribution in [3.63, 3.8) is 0 Å². The van der Waals surface area contributed by atoms with Crippen LogP contribution in [-0.2, 0) is 0 Å². The van der Waals surface area contributed by atoms with Gasteiger partial charge < -0.3 is 0 Å². The van der Waals surface area contributed by atoms with Gasteiger partial charge >= 0.3 is 0 Å². The molecule has 0 aromatic heterocycles. The molecule has 0 radical (unpaired) electrons. The molecule has 1 rings (SSSR count). The Labute approximate surface area is 135 Å². The maximum Gasteiger partial charge on any atom is -0.0295 e. The highest BCUT2D eigenvalue weighted by molar-refractivity contribution is 4.94. The number of hydrogen-bond donors (Lipinski definition) is 0. The Kier molecular flexibility index (Phi) is 8.35. The second-order valence-electron chi connectivity index (χ2n) is 8.51. The lowest BCUT2D eigenvalue weighted by Gasteiger charge is -2.51. The smallest absolute Gasteiger partial charge is 0.0295 e. The van der Waals surface area contributed by atoms with Gasteiger partial charge in [-0.2, -0.15) is 0 Å². The predicted molar refractivity (Wildman–Crippen MR) is 96.6 cm³/mol. The minimum Gasteiger partial charge on any atom is -0.0654 e. The summed E-state index contributed by atoms with van der Waals surface area (Å²) < 4.78 is 0. The van der Waals surface area contributed by atoms with Crippen molar-refractivity contribution in [1.82, 2.24) is 0 Å². The molecule has 0 aliphatic heterocycles. The highest BCUT2D eigenvalue weighted by Gasteiger charge is 2.44. The predicted octanol–water partition coefficient (Wildman–Crippen LogP) is 7.47. The van der Waals surface area contributed by atoms with Crippen LogP contribution in [0.4, 0.5) is 0 Å². The molecule has 1 fully saturated rings. The lowest BCUT2D eigenvalue weighted by Crippen LogP contribution is -2.42. The summed E-state index contributed by atoms with van der Waals surface area (Å²) in [4.78, 5) is 0. The summed E-state index contributed by atoms with van der Waals surface area (Å²) in [6.07, 6.45) is 14.4. The molecular formula is C21H42. The molecular weight excluding hydrogens is 252 g/mol. The minimum atomic E-state index is 0.675. The maximum atomic E-state index is 2.53. The number of rotatable bonds is 11. The first-order chi connectivity index (χ1) is 9.94. The average Bonchev–Trinajstić information content (AvgIpc) is 2.47. The van der Waals surface area contributed by atoms with Crippen LogP contribution in [0.3, 0.4) is 0 Å². The van der Waals surface area contributed by atoms with Crippen molar-refractivity contribution in [3.8, 4) is 0 Å². The van der Waals surface area contributed by atoms with Crippen LogP contribution >= 0.6 is 0 Å². The van der Waals surface area contributed by atoms with Gasteiger partial charge in [0.15, 0.2) is 0 Å². The first-order valence-electron chi connectivity index (χ1n) is 9.94. The number of hydrogen-bond acceptors (Lipinski definition) is 0. The third-order valence-corrected chi connectivity index (χ3v) is 6.91. The van der Waals surface area contributed by atoms with E-state index in [2.05, 4.69) is 41.5 Å². The molecule has 0 nitrogen and oxygen atoms in total. The monoisotopic (exact) mass is 294 g/mol. The van der Waals surface area contributed by atoms with Gasteiger partial charge in [-0.25, -0.2) is 0 Å². The maximum absolute atomic E-state index is 2.53. The van der Waals surface area contributed by atoms with E-state index in [0.717, 1.165) is 23.7 Å². The Balaban J connectivity index is 2.16. The molecule has 0 amide bonds. The molecule has 0 bridgehead atoms. The van der Waals surface area contributed by atoms with E-state index in [0.29, 0.717) is 5.41 Å². The average molecular weight is 295 g/mol. The van der Waals surface area contributed by atoms with Gasteiger partial charge in [-0.15, -0.1) is 0 Å². The van der Waals surface area contributed by atoms with Gasteiger partial charge in [-0.1, -0.05) is 92.9 Å². The molecule has 1 aliphatic carbocycles. The van der Waals surface area contributed by atoms with E-state index >= 15 is 0 Å². The molecule has 126 valence electrons. The van der Waals surface area contributed by atoms with E-state index in [1.54, 1.807) is 0 Å². The van der Waals surface area contributed by atoms with E-state index in [-0.39, 0.29) is 0 Å². The van der Waals surface area contributed by atoms with Crippen LogP contribution in [0, 0.1) is 29.1 Å².